The molecule has 0 radical (unpaired) electrons. The monoisotopic (exact) mass is 728 g/mol. The molecule has 0 saturated carbocycles. The molecule has 0 unspecified atom stereocenters. The van der Waals surface area contributed by atoms with Crippen LogP contribution in [0.4, 0.5) is 0 Å². The number of pyridine rings is 1. The summed E-state index contributed by atoms with van der Waals surface area (Å²) < 4.78 is 15.0. The molecular formula is C36H27N3O2Pt. The number of fused-ring (bicyclic) bond motifs is 6. The Balaban J connectivity index is 0.00000288. The molecule has 2 atom stereocenters. The molecule has 8 rings (SSSR count). The van der Waals surface area contributed by atoms with Gasteiger partial charge in [-0.25, -0.2) is 4.98 Å². The molecule has 2 aliphatic rings. The van der Waals surface area contributed by atoms with E-state index in [0.29, 0.717) is 17.4 Å². The van der Waals surface area contributed by atoms with Crippen LogP contribution in [-0.2, 0) is 32.2 Å². The Hall–Kier alpha value is -4.21. The van der Waals surface area contributed by atoms with Crippen LogP contribution in [0.15, 0.2) is 90.1 Å². The molecule has 6 heteroatoms. The predicted molar refractivity (Wildman–Crippen MR) is 161 cm³/mol. The first-order valence-electron chi connectivity index (χ1n) is 13.9. The van der Waals surface area contributed by atoms with Crippen LogP contribution in [0.1, 0.15) is 39.5 Å². The van der Waals surface area contributed by atoms with Gasteiger partial charge in [0.2, 0.25) is 0 Å². The summed E-state index contributed by atoms with van der Waals surface area (Å²) in [5.41, 5.74) is 9.55. The maximum absolute atomic E-state index is 6.42. The van der Waals surface area contributed by atoms with Gasteiger partial charge in [-0.05, 0) is 48.7 Å². The van der Waals surface area contributed by atoms with Crippen LogP contribution in [0.2, 0.25) is 0 Å². The van der Waals surface area contributed by atoms with Crippen molar-refractivity contribution in [3.05, 3.63) is 131 Å². The number of aromatic nitrogens is 2. The van der Waals surface area contributed by atoms with E-state index in [0.717, 1.165) is 45.3 Å². The summed E-state index contributed by atoms with van der Waals surface area (Å²) in [6.07, 6.45) is 2.70. The Kier molecular flexibility index (Phi) is 6.51. The van der Waals surface area contributed by atoms with E-state index in [2.05, 4.69) is 91.2 Å². The van der Waals surface area contributed by atoms with E-state index in [9.17, 15) is 0 Å². The van der Waals surface area contributed by atoms with Gasteiger partial charge >= 0.3 is 21.1 Å². The fourth-order valence-electron chi connectivity index (χ4n) is 6.24. The van der Waals surface area contributed by atoms with Gasteiger partial charge in [-0.1, -0.05) is 73.1 Å². The molecule has 1 aliphatic carbocycles. The standard InChI is InChI=1S/C36H27N3O2.Pt/c1-21-10-11-33-31(17-21)30-9-6-12-37-35(30)39(33)26-14-23(3)16-28(20-26)40-27-15-22(2)13-25(18-27)36-38-32-19-24-7-4-5-8-29(24)34(32)41-36;/h4-17,32,34H,19H2,1-3H3;/q-2;+2/t32-,34+;/m1./s1. The summed E-state index contributed by atoms with van der Waals surface area (Å²) in [5.74, 6) is 1.85. The van der Waals surface area contributed by atoms with Crippen molar-refractivity contribution >= 4 is 27.8 Å². The maximum atomic E-state index is 6.42. The van der Waals surface area contributed by atoms with Crippen LogP contribution in [0, 0.1) is 32.9 Å². The maximum Gasteiger partial charge on any atom is 2.00 e. The van der Waals surface area contributed by atoms with Crippen LogP contribution in [0.25, 0.3) is 27.6 Å². The summed E-state index contributed by atoms with van der Waals surface area (Å²) in [7, 11) is 0. The van der Waals surface area contributed by atoms with Crippen molar-refractivity contribution in [1.29, 1.82) is 0 Å². The topological polar surface area (TPSA) is 48.6 Å². The number of nitrogens with zero attached hydrogens (tertiary/aromatic N) is 3. The molecule has 0 N–H and O–H groups in total. The van der Waals surface area contributed by atoms with Gasteiger partial charge in [-0.3, -0.25) is 4.99 Å². The van der Waals surface area contributed by atoms with Gasteiger partial charge in [0.05, 0.1) is 11.6 Å². The van der Waals surface area contributed by atoms with Crippen molar-refractivity contribution in [2.75, 3.05) is 0 Å². The third-order valence-electron chi connectivity index (χ3n) is 8.00. The van der Waals surface area contributed by atoms with Gasteiger partial charge in [-0.15, -0.1) is 29.8 Å². The number of benzene rings is 4. The van der Waals surface area contributed by atoms with Crippen LogP contribution in [-0.4, -0.2) is 21.5 Å². The van der Waals surface area contributed by atoms with Crippen molar-refractivity contribution < 1.29 is 30.5 Å². The van der Waals surface area contributed by atoms with Crippen molar-refractivity contribution in [2.45, 2.75) is 39.3 Å². The molecule has 0 fully saturated rings. The van der Waals surface area contributed by atoms with E-state index >= 15 is 0 Å². The Morgan fingerprint density at radius 2 is 1.64 bits per heavy atom. The van der Waals surface area contributed by atoms with Crippen LogP contribution < -0.4 is 4.74 Å². The normalized spacial score (nSPS) is 17.0. The smallest absolute Gasteiger partial charge is 0.510 e. The Labute approximate surface area is 259 Å². The number of ether oxygens (including phenoxy) is 2. The predicted octanol–water partition coefficient (Wildman–Crippen LogP) is 7.94. The van der Waals surface area contributed by atoms with Crippen molar-refractivity contribution in [3.63, 3.8) is 0 Å². The Bertz CT molecular complexity index is 2040. The van der Waals surface area contributed by atoms with E-state index in [-0.39, 0.29) is 33.2 Å². The van der Waals surface area contributed by atoms with Crippen molar-refractivity contribution in [2.24, 2.45) is 4.99 Å². The zero-order chi connectivity index (χ0) is 27.7. The first kappa shape index (κ1) is 26.7. The number of aryl methyl sites for hydroxylation is 3. The van der Waals surface area contributed by atoms with Crippen molar-refractivity contribution in [1.82, 2.24) is 9.55 Å². The molecular weight excluding hydrogens is 701 g/mol. The largest absolute Gasteiger partial charge is 2.00 e. The molecule has 6 aromatic rings. The summed E-state index contributed by atoms with van der Waals surface area (Å²) in [6, 6.07) is 34.2. The number of hydrogen-bond donors (Lipinski definition) is 0. The summed E-state index contributed by atoms with van der Waals surface area (Å²) in [4.78, 5) is 9.68. The van der Waals surface area contributed by atoms with Gasteiger partial charge < -0.3 is 14.0 Å². The van der Waals surface area contributed by atoms with Gasteiger partial charge in [0.25, 0.3) is 0 Å². The van der Waals surface area contributed by atoms with Gasteiger partial charge in [0, 0.05) is 28.5 Å². The van der Waals surface area contributed by atoms with E-state index in [4.69, 9.17) is 19.5 Å². The zero-order valence-electron chi connectivity index (χ0n) is 23.4. The molecule has 0 bridgehead atoms. The second-order valence-electron chi connectivity index (χ2n) is 11.1. The molecule has 0 spiro atoms. The van der Waals surface area contributed by atoms with E-state index < -0.39 is 0 Å². The zero-order valence-corrected chi connectivity index (χ0v) is 25.7. The Morgan fingerprint density at radius 3 is 2.52 bits per heavy atom. The molecule has 3 heterocycles. The minimum atomic E-state index is -0.0317. The summed E-state index contributed by atoms with van der Waals surface area (Å²) in [6.45, 7) is 6.23. The average molecular weight is 729 g/mol. The molecule has 1 aliphatic heterocycles. The summed E-state index contributed by atoms with van der Waals surface area (Å²) >= 11 is 0. The van der Waals surface area contributed by atoms with Gasteiger partial charge in [-0.2, -0.15) is 5.56 Å². The molecule has 5 nitrogen and oxygen atoms in total. The minimum absolute atomic E-state index is 0. The van der Waals surface area contributed by atoms with Crippen LogP contribution in [0.5, 0.6) is 11.5 Å². The van der Waals surface area contributed by atoms with Crippen molar-refractivity contribution in [3.8, 4) is 17.2 Å². The minimum Gasteiger partial charge on any atom is -0.510 e. The molecule has 0 saturated heterocycles. The van der Waals surface area contributed by atoms with E-state index in [1.165, 1.54) is 22.1 Å². The van der Waals surface area contributed by atoms with Crippen LogP contribution in [0.3, 0.4) is 0 Å². The van der Waals surface area contributed by atoms with E-state index in [1.54, 1.807) is 0 Å². The fraction of sp³-hybridized carbons (Fsp3) is 0.167. The summed E-state index contributed by atoms with van der Waals surface area (Å²) in [5, 5.41) is 2.29. The second kappa shape index (κ2) is 10.3. The molecule has 0 amide bonds. The van der Waals surface area contributed by atoms with Gasteiger partial charge in [0.1, 0.15) is 17.6 Å². The number of aliphatic imine (C=N–C) groups is 1. The average Bonchev–Trinajstić information content (AvgIpc) is 3.62. The number of rotatable bonds is 4. The first-order valence-corrected chi connectivity index (χ1v) is 13.9. The molecule has 4 aromatic carbocycles. The third kappa shape index (κ3) is 4.44. The quantitative estimate of drug-likeness (QED) is 0.173. The first-order chi connectivity index (χ1) is 20.0. The molecule has 42 heavy (non-hydrogen) atoms. The second-order valence-corrected chi connectivity index (χ2v) is 11.1. The molecule has 208 valence electrons. The van der Waals surface area contributed by atoms with Gasteiger partial charge in [0.15, 0.2) is 0 Å². The SMILES string of the molecule is Cc1cc(Oc2[c-]c(-n3c4ccc(C)cc4c4cccnc43)cc(C)c2)[c-]c(C2=N[C@@H]3Cc4ccccc4[C@@H]3O2)c1.[Pt+2]. The van der Waals surface area contributed by atoms with Crippen LogP contribution >= 0.6 is 0 Å². The van der Waals surface area contributed by atoms with E-state index in [1.807, 2.05) is 31.3 Å². The molecule has 2 aromatic heterocycles. The Morgan fingerprint density at radius 1 is 0.833 bits per heavy atom. The third-order valence-corrected chi connectivity index (χ3v) is 8.00. The number of hydrogen-bond acceptors (Lipinski definition) is 4. The fourth-order valence-corrected chi connectivity index (χ4v) is 6.24.